The molecule has 4 aliphatic heterocycles. The lowest BCUT2D eigenvalue weighted by Gasteiger charge is -2.34. The van der Waals surface area contributed by atoms with Crippen molar-refractivity contribution in [1.82, 2.24) is 39.3 Å². The van der Waals surface area contributed by atoms with E-state index in [4.69, 9.17) is 29.6 Å². The maximum absolute atomic E-state index is 5.88. The third kappa shape index (κ3) is 8.59. The molecule has 4 saturated heterocycles. The summed E-state index contributed by atoms with van der Waals surface area (Å²) in [6.45, 7) is 14.9. The number of anilines is 2. The summed E-state index contributed by atoms with van der Waals surface area (Å²) < 4.78 is 15.8. The van der Waals surface area contributed by atoms with Gasteiger partial charge in [-0.2, -0.15) is 10.2 Å². The SMILES string of the molecule is CCn1ncc2c(NC3CCOCC3)c(CN3CCC(c4nn(CC)c5nc(-c6ccccc6)c(CN6CCC(c7ccccc7)CC6)c(NC6CCOCC6)c45)CC3)cnc21. The maximum atomic E-state index is 5.88. The number of ether oxygens (including phenoxy) is 2. The Hall–Kier alpha value is -4.88. The molecule has 0 unspecified atom stereocenters. The first kappa shape index (κ1) is 41.1. The normalized spacial score (nSPS) is 19.5. The number of rotatable bonds is 13. The van der Waals surface area contributed by atoms with E-state index in [9.17, 15) is 0 Å². The van der Waals surface area contributed by atoms with Gasteiger partial charge >= 0.3 is 0 Å². The number of hydrogen-bond acceptors (Lipinski definition) is 10. The highest BCUT2D eigenvalue weighted by molar-refractivity contribution is 5.97. The molecule has 0 radical (unpaired) electrons. The van der Waals surface area contributed by atoms with E-state index in [0.29, 0.717) is 23.9 Å². The average molecular weight is 837 g/mol. The van der Waals surface area contributed by atoms with E-state index < -0.39 is 0 Å². The predicted molar refractivity (Wildman–Crippen MR) is 248 cm³/mol. The smallest absolute Gasteiger partial charge is 0.160 e. The number of fused-ring (bicyclic) bond motifs is 2. The monoisotopic (exact) mass is 837 g/mol. The van der Waals surface area contributed by atoms with Crippen LogP contribution in [0.5, 0.6) is 0 Å². The van der Waals surface area contributed by atoms with Crippen LogP contribution in [0.4, 0.5) is 11.4 Å². The minimum absolute atomic E-state index is 0.332. The van der Waals surface area contributed by atoms with Gasteiger partial charge in [0.1, 0.15) is 0 Å². The first-order chi connectivity index (χ1) is 30.6. The van der Waals surface area contributed by atoms with Gasteiger partial charge in [0.15, 0.2) is 11.3 Å². The molecule has 0 aliphatic carbocycles. The van der Waals surface area contributed by atoms with Gasteiger partial charge in [-0.1, -0.05) is 60.7 Å². The number of likely N-dealkylation sites (tertiary alicyclic amines) is 2. The van der Waals surface area contributed by atoms with Gasteiger partial charge in [0.05, 0.1) is 39.7 Å². The molecule has 12 heteroatoms. The van der Waals surface area contributed by atoms with Gasteiger partial charge in [-0.15, -0.1) is 0 Å². The van der Waals surface area contributed by atoms with Crippen molar-refractivity contribution in [3.05, 3.63) is 95.4 Å². The van der Waals surface area contributed by atoms with Crippen molar-refractivity contribution in [2.24, 2.45) is 0 Å². The number of nitrogens with one attached hydrogen (secondary N) is 2. The van der Waals surface area contributed by atoms with Crippen molar-refractivity contribution in [2.75, 3.05) is 63.2 Å². The summed E-state index contributed by atoms with van der Waals surface area (Å²) in [6, 6.07) is 22.7. The molecule has 2 N–H and O–H groups in total. The molecule has 0 saturated carbocycles. The second-order valence-electron chi connectivity index (χ2n) is 18.0. The van der Waals surface area contributed by atoms with Gasteiger partial charge < -0.3 is 20.1 Å². The zero-order valence-electron chi connectivity index (χ0n) is 36.8. The van der Waals surface area contributed by atoms with Crippen LogP contribution in [0.1, 0.15) is 99.4 Å². The number of pyridine rings is 2. The van der Waals surface area contributed by atoms with E-state index in [1.807, 2.05) is 10.9 Å². The van der Waals surface area contributed by atoms with Crippen molar-refractivity contribution < 1.29 is 9.47 Å². The Labute approximate surface area is 366 Å². The first-order valence-corrected chi connectivity index (χ1v) is 23.6. The van der Waals surface area contributed by atoms with Crippen molar-refractivity contribution in [3.8, 4) is 11.3 Å². The zero-order chi connectivity index (χ0) is 41.8. The molecule has 12 nitrogen and oxygen atoms in total. The van der Waals surface area contributed by atoms with Crippen LogP contribution in [0.3, 0.4) is 0 Å². The molecule has 10 rings (SSSR count). The summed E-state index contributed by atoms with van der Waals surface area (Å²) in [7, 11) is 0. The molecule has 62 heavy (non-hydrogen) atoms. The topological polar surface area (TPSA) is 110 Å². The molecule has 0 bridgehead atoms. The molecule has 0 spiro atoms. The van der Waals surface area contributed by atoms with Crippen LogP contribution in [0.25, 0.3) is 33.3 Å². The Morgan fingerprint density at radius 2 is 1.23 bits per heavy atom. The lowest BCUT2D eigenvalue weighted by Crippen LogP contribution is -2.34. The van der Waals surface area contributed by atoms with Crippen LogP contribution in [0.2, 0.25) is 0 Å². The van der Waals surface area contributed by atoms with Gasteiger partial charge in [0, 0.05) is 93.5 Å². The summed E-state index contributed by atoms with van der Waals surface area (Å²) in [5, 5.41) is 20.7. The lowest BCUT2D eigenvalue weighted by atomic mass is 9.88. The van der Waals surface area contributed by atoms with Crippen LogP contribution in [-0.4, -0.2) is 104 Å². The molecule has 8 heterocycles. The second-order valence-corrected chi connectivity index (χ2v) is 18.0. The summed E-state index contributed by atoms with van der Waals surface area (Å²) in [4.78, 5) is 15.9. The quantitative estimate of drug-likeness (QED) is 0.117. The third-order valence-corrected chi connectivity index (χ3v) is 14.1. The zero-order valence-corrected chi connectivity index (χ0v) is 36.8. The second kappa shape index (κ2) is 18.8. The third-order valence-electron chi connectivity index (χ3n) is 14.1. The van der Waals surface area contributed by atoms with Gasteiger partial charge in [-0.05, 0) is 103 Å². The summed E-state index contributed by atoms with van der Waals surface area (Å²) >= 11 is 0. The fourth-order valence-electron chi connectivity index (χ4n) is 10.6. The Bertz CT molecular complexity index is 2400. The first-order valence-electron chi connectivity index (χ1n) is 23.6. The van der Waals surface area contributed by atoms with Crippen LogP contribution < -0.4 is 10.6 Å². The molecule has 0 atom stereocenters. The Morgan fingerprint density at radius 3 is 1.87 bits per heavy atom. The highest BCUT2D eigenvalue weighted by Gasteiger charge is 2.32. The molecule has 326 valence electrons. The van der Waals surface area contributed by atoms with E-state index in [1.54, 1.807) is 0 Å². The van der Waals surface area contributed by atoms with Crippen molar-refractivity contribution in [3.63, 3.8) is 0 Å². The summed E-state index contributed by atoms with van der Waals surface area (Å²) in [5.74, 6) is 0.940. The Morgan fingerprint density at radius 1 is 0.629 bits per heavy atom. The fraction of sp³-hybridized carbons (Fsp3) is 0.520. The summed E-state index contributed by atoms with van der Waals surface area (Å²) in [5.41, 5.74) is 11.9. The number of piperidine rings is 2. The molecule has 0 amide bonds. The van der Waals surface area contributed by atoms with Gasteiger partial charge in [0.25, 0.3) is 0 Å². The fourth-order valence-corrected chi connectivity index (χ4v) is 10.6. The number of benzene rings is 2. The number of aromatic nitrogens is 6. The van der Waals surface area contributed by atoms with Crippen LogP contribution in [-0.2, 0) is 35.7 Å². The standard InChI is InChI=1S/C50H64N10O2/c1-3-59-49-42(32-52-59)46(53-40-19-27-61-28-20-40)39(31-51-49)33-57-25-17-38(18-26-57)47-44-48(54-41-21-29-62-30-22-41)43(34-58-23-15-36(16-24-58)35-11-7-5-8-12-35)45(37-13-9-6-10-14-37)55-50(44)60(4-2)56-47/h5-14,31-32,36,38,40-41H,3-4,15-30,33-34H2,1-2H3,(H,51,53)(H,54,55). The van der Waals surface area contributed by atoms with E-state index in [-0.39, 0.29) is 0 Å². The largest absolute Gasteiger partial charge is 0.381 e. The molecule has 4 aliphatic rings. The Balaban J connectivity index is 0.970. The maximum Gasteiger partial charge on any atom is 0.160 e. The van der Waals surface area contributed by atoms with E-state index >= 15 is 0 Å². The summed E-state index contributed by atoms with van der Waals surface area (Å²) in [6.07, 6.45) is 12.5. The molecular formula is C50H64N10O2. The highest BCUT2D eigenvalue weighted by Crippen LogP contribution is 2.43. The van der Waals surface area contributed by atoms with Gasteiger partial charge in [-0.25, -0.2) is 19.3 Å². The predicted octanol–water partition coefficient (Wildman–Crippen LogP) is 8.82. The number of hydrogen-bond donors (Lipinski definition) is 2. The number of nitrogens with zero attached hydrogens (tertiary/aromatic N) is 8. The van der Waals surface area contributed by atoms with E-state index in [1.165, 1.54) is 52.0 Å². The molecular weight excluding hydrogens is 773 g/mol. The minimum atomic E-state index is 0.332. The van der Waals surface area contributed by atoms with Crippen molar-refractivity contribution in [2.45, 2.75) is 115 Å². The van der Waals surface area contributed by atoms with Gasteiger partial charge in [-0.3, -0.25) is 9.80 Å². The molecule has 4 aromatic heterocycles. The van der Waals surface area contributed by atoms with Gasteiger partial charge in [0.2, 0.25) is 0 Å². The lowest BCUT2D eigenvalue weighted by molar-refractivity contribution is 0.0903. The van der Waals surface area contributed by atoms with E-state index in [0.717, 1.165) is 145 Å². The molecule has 4 fully saturated rings. The minimum Gasteiger partial charge on any atom is -0.381 e. The van der Waals surface area contributed by atoms with Crippen molar-refractivity contribution >= 4 is 33.4 Å². The molecule has 2 aromatic carbocycles. The Kier molecular flexibility index (Phi) is 12.5. The van der Waals surface area contributed by atoms with Crippen LogP contribution in [0.15, 0.2) is 73.1 Å². The van der Waals surface area contributed by atoms with Crippen molar-refractivity contribution in [1.29, 1.82) is 0 Å². The average Bonchev–Trinajstić information content (AvgIpc) is 3.94. The van der Waals surface area contributed by atoms with Crippen LogP contribution >= 0.6 is 0 Å². The van der Waals surface area contributed by atoms with E-state index in [2.05, 4.69) is 106 Å². The van der Waals surface area contributed by atoms with Crippen LogP contribution in [0, 0.1) is 0 Å². The number of aryl methyl sites for hydroxylation is 2. The highest BCUT2D eigenvalue weighted by atomic mass is 16.5. The molecule has 6 aromatic rings.